The quantitative estimate of drug-likeness (QED) is 0.592. The molecule has 0 aliphatic rings. The Morgan fingerprint density at radius 2 is 1.83 bits per heavy atom. The van der Waals surface area contributed by atoms with Gasteiger partial charge in [0.1, 0.15) is 5.41 Å². The van der Waals surface area contributed by atoms with Gasteiger partial charge in [-0.25, -0.2) is 0 Å². The van der Waals surface area contributed by atoms with Gasteiger partial charge in [0, 0.05) is 0 Å². The first-order valence-corrected chi connectivity index (χ1v) is 5.87. The third kappa shape index (κ3) is 2.50. The molecule has 0 aliphatic carbocycles. The summed E-state index contributed by atoms with van der Waals surface area (Å²) in [5.74, 6) is -0.818. The molecule has 1 aromatic rings. The van der Waals surface area contributed by atoms with Crippen LogP contribution < -0.4 is 0 Å². The number of ether oxygens (including phenoxy) is 1. The van der Waals surface area contributed by atoms with E-state index in [9.17, 15) is 9.59 Å². The predicted octanol–water partition coefficient (Wildman–Crippen LogP) is 2.86. The fraction of sp³-hybridized carbons (Fsp3) is 0.333. The highest BCUT2D eigenvalue weighted by Crippen LogP contribution is 2.35. The average Bonchev–Trinajstić information content (AvgIpc) is 2.37. The summed E-state index contributed by atoms with van der Waals surface area (Å²) in [6.45, 7) is 8.79. The predicted molar refractivity (Wildman–Crippen MR) is 70.9 cm³/mol. The first-order valence-electron chi connectivity index (χ1n) is 5.87. The number of ketones is 1. The monoisotopic (exact) mass is 246 g/mol. The Morgan fingerprint density at radius 3 is 2.28 bits per heavy atom. The molecule has 0 aliphatic heterocycles. The van der Waals surface area contributed by atoms with E-state index in [2.05, 4.69) is 6.58 Å². The molecule has 0 aromatic heterocycles. The van der Waals surface area contributed by atoms with Crippen molar-refractivity contribution >= 4 is 17.3 Å². The molecule has 0 radical (unpaired) electrons. The molecule has 0 heterocycles. The minimum Gasteiger partial charge on any atom is -0.465 e. The molecule has 0 unspecified atom stereocenters. The fourth-order valence-electron chi connectivity index (χ4n) is 1.68. The Bertz CT molecular complexity index is 462. The third-order valence-electron chi connectivity index (χ3n) is 3.11. The summed E-state index contributed by atoms with van der Waals surface area (Å²) in [5.41, 5.74) is -0.0884. The molecule has 0 N–H and O–H groups in total. The summed E-state index contributed by atoms with van der Waals surface area (Å²) in [5, 5.41) is 0. The van der Waals surface area contributed by atoms with Crippen molar-refractivity contribution < 1.29 is 14.3 Å². The molecule has 3 nitrogen and oxygen atoms in total. The molecule has 0 saturated heterocycles. The van der Waals surface area contributed by atoms with Crippen LogP contribution in [0.1, 0.15) is 26.3 Å². The van der Waals surface area contributed by atoms with Crippen LogP contribution in [0, 0.1) is 5.41 Å². The molecule has 96 valence electrons. The van der Waals surface area contributed by atoms with Crippen LogP contribution in [0.4, 0.5) is 0 Å². The summed E-state index contributed by atoms with van der Waals surface area (Å²) in [6, 6.07) is 9.19. The number of Topliss-reactive ketones (excluding diaryl/α,β-unsaturated/α-hetero) is 1. The molecule has 1 atom stereocenters. The number of hydrogen-bond acceptors (Lipinski definition) is 3. The number of rotatable bonds is 5. The first kappa shape index (κ1) is 14.2. The maximum Gasteiger partial charge on any atom is 0.323 e. The highest BCUT2D eigenvalue weighted by atomic mass is 16.5. The van der Waals surface area contributed by atoms with E-state index in [0.717, 1.165) is 5.56 Å². The molecule has 1 rings (SSSR count). The summed E-state index contributed by atoms with van der Waals surface area (Å²) in [7, 11) is 0. The van der Waals surface area contributed by atoms with Gasteiger partial charge < -0.3 is 4.74 Å². The Balaban J connectivity index is 3.17. The molecule has 18 heavy (non-hydrogen) atoms. The minimum atomic E-state index is -1.32. The van der Waals surface area contributed by atoms with Gasteiger partial charge >= 0.3 is 5.97 Å². The van der Waals surface area contributed by atoms with E-state index in [4.69, 9.17) is 4.74 Å². The van der Waals surface area contributed by atoms with Gasteiger partial charge in [0.25, 0.3) is 0 Å². The van der Waals surface area contributed by atoms with Crippen LogP contribution in [0.15, 0.2) is 36.9 Å². The summed E-state index contributed by atoms with van der Waals surface area (Å²) >= 11 is 0. The lowest BCUT2D eigenvalue weighted by molar-refractivity contribution is -0.154. The van der Waals surface area contributed by atoms with Crippen molar-refractivity contribution in [2.24, 2.45) is 5.41 Å². The largest absolute Gasteiger partial charge is 0.465 e. The molecule has 0 saturated carbocycles. The zero-order valence-corrected chi connectivity index (χ0v) is 11.0. The molecule has 3 heteroatoms. The molecule has 0 bridgehead atoms. The van der Waals surface area contributed by atoms with Crippen LogP contribution in [-0.4, -0.2) is 18.4 Å². The smallest absolute Gasteiger partial charge is 0.323 e. The van der Waals surface area contributed by atoms with Crippen molar-refractivity contribution in [1.29, 1.82) is 0 Å². The number of esters is 1. The van der Waals surface area contributed by atoms with Gasteiger partial charge in [-0.2, -0.15) is 0 Å². The summed E-state index contributed by atoms with van der Waals surface area (Å²) < 4.78 is 4.99. The highest BCUT2D eigenvalue weighted by Gasteiger charge is 2.43. The van der Waals surface area contributed by atoms with Gasteiger partial charge in [-0.15, -0.1) is 0 Å². The van der Waals surface area contributed by atoms with Crippen molar-refractivity contribution in [1.82, 2.24) is 0 Å². The first-order chi connectivity index (χ1) is 8.44. The Hall–Kier alpha value is -1.90. The Labute approximate surface area is 107 Å². The third-order valence-corrected chi connectivity index (χ3v) is 3.11. The van der Waals surface area contributed by atoms with E-state index in [1.165, 1.54) is 6.92 Å². The lowest BCUT2D eigenvalue weighted by Crippen LogP contribution is -2.37. The number of carbonyl (C=O) groups excluding carboxylic acids is 2. The highest BCUT2D eigenvalue weighted by molar-refractivity contribution is 6.13. The Morgan fingerprint density at radius 1 is 1.28 bits per heavy atom. The SMILES string of the molecule is C=C(c1ccccc1)[C@](C)(C(C)=O)C(=O)OCC. The van der Waals surface area contributed by atoms with E-state index < -0.39 is 11.4 Å². The average molecular weight is 246 g/mol. The van der Waals surface area contributed by atoms with Gasteiger partial charge in [-0.3, -0.25) is 9.59 Å². The number of benzene rings is 1. The lowest BCUT2D eigenvalue weighted by Gasteiger charge is -2.26. The zero-order chi connectivity index (χ0) is 13.8. The summed E-state index contributed by atoms with van der Waals surface area (Å²) in [6.07, 6.45) is 0. The van der Waals surface area contributed by atoms with E-state index in [-0.39, 0.29) is 12.4 Å². The lowest BCUT2D eigenvalue weighted by atomic mass is 9.76. The zero-order valence-electron chi connectivity index (χ0n) is 11.0. The second-order valence-corrected chi connectivity index (χ2v) is 4.25. The molecule has 0 spiro atoms. The Kier molecular flexibility index (Phi) is 4.43. The second kappa shape index (κ2) is 5.63. The fourth-order valence-corrected chi connectivity index (χ4v) is 1.68. The van der Waals surface area contributed by atoms with Crippen LogP contribution >= 0.6 is 0 Å². The molecular formula is C15H18O3. The standard InChI is InChI=1S/C15H18O3/c1-5-18-14(17)15(4,12(3)16)11(2)13-9-7-6-8-10-13/h6-10H,2,5H2,1,3-4H3/t15-/m1/s1. The van der Waals surface area contributed by atoms with E-state index in [1.54, 1.807) is 13.8 Å². The van der Waals surface area contributed by atoms with Crippen LogP contribution in [-0.2, 0) is 14.3 Å². The molecule has 1 aromatic carbocycles. The van der Waals surface area contributed by atoms with E-state index >= 15 is 0 Å². The van der Waals surface area contributed by atoms with Crippen LogP contribution in [0.5, 0.6) is 0 Å². The maximum atomic E-state index is 12.0. The molecular weight excluding hydrogens is 228 g/mol. The van der Waals surface area contributed by atoms with Crippen LogP contribution in [0.3, 0.4) is 0 Å². The van der Waals surface area contributed by atoms with Crippen LogP contribution in [0.25, 0.3) is 5.57 Å². The minimum absolute atomic E-state index is 0.240. The van der Waals surface area contributed by atoms with Gasteiger partial charge in [0.15, 0.2) is 5.78 Å². The topological polar surface area (TPSA) is 43.4 Å². The van der Waals surface area contributed by atoms with Crippen molar-refractivity contribution in [3.63, 3.8) is 0 Å². The number of hydrogen-bond donors (Lipinski definition) is 0. The van der Waals surface area contributed by atoms with Gasteiger partial charge in [0.05, 0.1) is 6.61 Å². The normalized spacial score (nSPS) is 13.5. The summed E-state index contributed by atoms with van der Waals surface area (Å²) in [4.78, 5) is 23.9. The van der Waals surface area contributed by atoms with Crippen molar-refractivity contribution in [3.8, 4) is 0 Å². The van der Waals surface area contributed by atoms with Crippen LogP contribution in [0.2, 0.25) is 0 Å². The van der Waals surface area contributed by atoms with E-state index in [1.807, 2.05) is 30.3 Å². The van der Waals surface area contributed by atoms with Gasteiger partial charge in [-0.05, 0) is 31.9 Å². The van der Waals surface area contributed by atoms with Gasteiger partial charge in [-0.1, -0.05) is 36.9 Å². The number of carbonyl (C=O) groups is 2. The van der Waals surface area contributed by atoms with Crippen molar-refractivity contribution in [3.05, 3.63) is 42.5 Å². The van der Waals surface area contributed by atoms with Gasteiger partial charge in [0.2, 0.25) is 0 Å². The molecule has 0 fully saturated rings. The second-order valence-electron chi connectivity index (χ2n) is 4.25. The van der Waals surface area contributed by atoms with Crippen molar-refractivity contribution in [2.75, 3.05) is 6.61 Å². The van der Waals surface area contributed by atoms with E-state index in [0.29, 0.717) is 5.57 Å². The molecule has 0 amide bonds. The van der Waals surface area contributed by atoms with Crippen molar-refractivity contribution in [2.45, 2.75) is 20.8 Å². The maximum absolute atomic E-state index is 12.0.